The topological polar surface area (TPSA) is 9.23 Å². The van der Waals surface area contributed by atoms with Crippen molar-refractivity contribution in [1.29, 1.82) is 0 Å². The molecule has 0 saturated heterocycles. The van der Waals surface area contributed by atoms with Crippen LogP contribution in [0.15, 0.2) is 60.7 Å². The maximum absolute atomic E-state index is 5.69. The molecule has 0 radical (unpaired) electrons. The SMILES string of the molecule is BrC(COCc1ccccc1)c1ccccc1. The van der Waals surface area contributed by atoms with Gasteiger partial charge in [0.2, 0.25) is 0 Å². The van der Waals surface area contributed by atoms with Crippen molar-refractivity contribution in [3.63, 3.8) is 0 Å². The summed E-state index contributed by atoms with van der Waals surface area (Å²) < 4.78 is 5.69. The second-order valence-electron chi connectivity index (χ2n) is 3.88. The van der Waals surface area contributed by atoms with E-state index in [9.17, 15) is 0 Å². The average molecular weight is 291 g/mol. The van der Waals surface area contributed by atoms with Gasteiger partial charge in [0, 0.05) is 0 Å². The van der Waals surface area contributed by atoms with Crippen molar-refractivity contribution in [2.24, 2.45) is 0 Å². The number of halogens is 1. The highest BCUT2D eigenvalue weighted by Crippen LogP contribution is 2.22. The third-order valence-corrected chi connectivity index (χ3v) is 3.33. The molecule has 88 valence electrons. The van der Waals surface area contributed by atoms with Crippen LogP contribution in [0, 0.1) is 0 Å². The molecule has 0 saturated carbocycles. The molecule has 2 rings (SSSR count). The molecule has 0 spiro atoms. The molecule has 0 aromatic heterocycles. The van der Waals surface area contributed by atoms with Gasteiger partial charge >= 0.3 is 0 Å². The normalized spacial score (nSPS) is 12.3. The molecule has 0 fully saturated rings. The highest BCUT2D eigenvalue weighted by Gasteiger charge is 2.06. The molecule has 1 nitrogen and oxygen atoms in total. The smallest absolute Gasteiger partial charge is 0.0717 e. The Balaban J connectivity index is 1.79. The van der Waals surface area contributed by atoms with Crippen LogP contribution >= 0.6 is 15.9 Å². The van der Waals surface area contributed by atoms with Gasteiger partial charge in [-0.05, 0) is 11.1 Å². The van der Waals surface area contributed by atoms with Gasteiger partial charge in [-0.15, -0.1) is 0 Å². The Morgan fingerprint density at radius 2 is 1.47 bits per heavy atom. The zero-order chi connectivity index (χ0) is 11.9. The third kappa shape index (κ3) is 3.99. The van der Waals surface area contributed by atoms with Crippen LogP contribution in [-0.2, 0) is 11.3 Å². The number of hydrogen-bond acceptors (Lipinski definition) is 1. The summed E-state index contributed by atoms with van der Waals surface area (Å²) in [5.41, 5.74) is 2.46. The summed E-state index contributed by atoms with van der Waals surface area (Å²) in [5, 5.41) is 0. The lowest BCUT2D eigenvalue weighted by Crippen LogP contribution is -2.01. The van der Waals surface area contributed by atoms with E-state index in [0.717, 1.165) is 0 Å². The summed E-state index contributed by atoms with van der Waals surface area (Å²) in [6.07, 6.45) is 0. The fraction of sp³-hybridized carbons (Fsp3) is 0.200. The van der Waals surface area contributed by atoms with E-state index in [-0.39, 0.29) is 4.83 Å². The number of alkyl halides is 1. The molecule has 2 aromatic rings. The Hall–Kier alpha value is -1.12. The second-order valence-corrected chi connectivity index (χ2v) is 4.98. The summed E-state index contributed by atoms with van der Waals surface area (Å²) >= 11 is 3.63. The van der Waals surface area contributed by atoms with Crippen molar-refractivity contribution < 1.29 is 4.74 Å². The molecule has 17 heavy (non-hydrogen) atoms. The minimum absolute atomic E-state index is 0.257. The van der Waals surface area contributed by atoms with E-state index in [1.165, 1.54) is 11.1 Å². The zero-order valence-electron chi connectivity index (χ0n) is 9.55. The first-order chi connectivity index (χ1) is 8.36. The summed E-state index contributed by atoms with van der Waals surface area (Å²) in [6, 6.07) is 20.5. The minimum Gasteiger partial charge on any atom is -0.375 e. The van der Waals surface area contributed by atoms with Gasteiger partial charge in [-0.3, -0.25) is 0 Å². The first-order valence-electron chi connectivity index (χ1n) is 5.67. The predicted octanol–water partition coefficient (Wildman–Crippen LogP) is 4.34. The van der Waals surface area contributed by atoms with Crippen LogP contribution in [0.5, 0.6) is 0 Å². The van der Waals surface area contributed by atoms with Gasteiger partial charge in [0.25, 0.3) is 0 Å². The van der Waals surface area contributed by atoms with Crippen molar-refractivity contribution in [2.75, 3.05) is 6.61 Å². The molecular weight excluding hydrogens is 276 g/mol. The minimum atomic E-state index is 0.257. The van der Waals surface area contributed by atoms with E-state index in [1.807, 2.05) is 36.4 Å². The van der Waals surface area contributed by atoms with Gasteiger partial charge in [-0.1, -0.05) is 76.6 Å². The van der Waals surface area contributed by atoms with Crippen molar-refractivity contribution in [1.82, 2.24) is 0 Å². The van der Waals surface area contributed by atoms with Crippen LogP contribution in [0.2, 0.25) is 0 Å². The number of ether oxygens (including phenoxy) is 1. The predicted molar refractivity (Wildman–Crippen MR) is 74.2 cm³/mol. The van der Waals surface area contributed by atoms with Gasteiger partial charge in [0.15, 0.2) is 0 Å². The molecular formula is C15H15BrO. The maximum atomic E-state index is 5.69. The summed E-state index contributed by atoms with van der Waals surface area (Å²) in [6.45, 7) is 1.34. The number of rotatable bonds is 5. The lowest BCUT2D eigenvalue weighted by atomic mass is 10.2. The van der Waals surface area contributed by atoms with Crippen molar-refractivity contribution in [3.05, 3.63) is 71.8 Å². The molecule has 0 aliphatic carbocycles. The largest absolute Gasteiger partial charge is 0.375 e. The molecule has 0 aliphatic rings. The van der Waals surface area contributed by atoms with Crippen LogP contribution in [0.3, 0.4) is 0 Å². The highest BCUT2D eigenvalue weighted by molar-refractivity contribution is 9.09. The maximum Gasteiger partial charge on any atom is 0.0717 e. The number of hydrogen-bond donors (Lipinski definition) is 0. The highest BCUT2D eigenvalue weighted by atomic mass is 79.9. The van der Waals surface area contributed by atoms with Crippen LogP contribution in [0.25, 0.3) is 0 Å². The monoisotopic (exact) mass is 290 g/mol. The van der Waals surface area contributed by atoms with E-state index in [0.29, 0.717) is 13.2 Å². The van der Waals surface area contributed by atoms with Gasteiger partial charge in [0.1, 0.15) is 0 Å². The fourth-order valence-corrected chi connectivity index (χ4v) is 2.10. The van der Waals surface area contributed by atoms with Gasteiger partial charge in [-0.25, -0.2) is 0 Å². The van der Waals surface area contributed by atoms with Crippen molar-refractivity contribution in [3.8, 4) is 0 Å². The van der Waals surface area contributed by atoms with Gasteiger partial charge < -0.3 is 4.74 Å². The second kappa shape index (κ2) is 6.58. The molecule has 0 amide bonds. The summed E-state index contributed by atoms with van der Waals surface area (Å²) in [5.74, 6) is 0. The van der Waals surface area contributed by atoms with Crippen molar-refractivity contribution in [2.45, 2.75) is 11.4 Å². The fourth-order valence-electron chi connectivity index (χ4n) is 1.61. The van der Waals surface area contributed by atoms with E-state index in [4.69, 9.17) is 4.74 Å². The van der Waals surface area contributed by atoms with Crippen LogP contribution in [0.4, 0.5) is 0 Å². The Bertz CT molecular complexity index is 427. The Morgan fingerprint density at radius 1 is 0.882 bits per heavy atom. The summed E-state index contributed by atoms with van der Waals surface area (Å²) in [7, 11) is 0. The molecule has 2 aromatic carbocycles. The zero-order valence-corrected chi connectivity index (χ0v) is 11.1. The standard InChI is InChI=1S/C15H15BrO/c16-15(14-9-5-2-6-10-14)12-17-11-13-7-3-1-4-8-13/h1-10,15H,11-12H2. The average Bonchev–Trinajstić information content (AvgIpc) is 2.41. The molecule has 0 heterocycles. The van der Waals surface area contributed by atoms with E-state index in [2.05, 4.69) is 40.2 Å². The lowest BCUT2D eigenvalue weighted by molar-refractivity contribution is 0.123. The van der Waals surface area contributed by atoms with Gasteiger partial charge in [-0.2, -0.15) is 0 Å². The quantitative estimate of drug-likeness (QED) is 0.745. The Labute approximate surface area is 111 Å². The van der Waals surface area contributed by atoms with E-state index >= 15 is 0 Å². The van der Waals surface area contributed by atoms with Crippen LogP contribution in [0.1, 0.15) is 16.0 Å². The Kier molecular flexibility index (Phi) is 4.77. The van der Waals surface area contributed by atoms with Crippen LogP contribution < -0.4 is 0 Å². The molecule has 1 unspecified atom stereocenters. The Morgan fingerprint density at radius 3 is 2.12 bits per heavy atom. The lowest BCUT2D eigenvalue weighted by Gasteiger charge is -2.10. The van der Waals surface area contributed by atoms with Crippen LogP contribution in [-0.4, -0.2) is 6.61 Å². The molecule has 0 bridgehead atoms. The first kappa shape index (κ1) is 12.3. The molecule has 2 heteroatoms. The number of benzene rings is 2. The molecule has 1 atom stereocenters. The van der Waals surface area contributed by atoms with E-state index in [1.54, 1.807) is 0 Å². The molecule has 0 N–H and O–H groups in total. The first-order valence-corrected chi connectivity index (χ1v) is 6.58. The molecule has 0 aliphatic heterocycles. The van der Waals surface area contributed by atoms with E-state index < -0.39 is 0 Å². The van der Waals surface area contributed by atoms with Gasteiger partial charge in [0.05, 0.1) is 18.0 Å². The van der Waals surface area contributed by atoms with Crippen molar-refractivity contribution >= 4 is 15.9 Å². The third-order valence-electron chi connectivity index (χ3n) is 2.54. The summed E-state index contributed by atoms with van der Waals surface area (Å²) in [4.78, 5) is 0.257.